The second-order valence-electron chi connectivity index (χ2n) is 7.99. The Labute approximate surface area is 181 Å². The second kappa shape index (κ2) is 12.3. The Bertz CT molecular complexity index is 710. The van der Waals surface area contributed by atoms with E-state index in [0.29, 0.717) is 19.1 Å². The Balaban J connectivity index is 1.56. The minimum atomic E-state index is -1.95. The smallest absolute Gasteiger partial charge is 0.350 e. The van der Waals surface area contributed by atoms with Crippen molar-refractivity contribution in [3.63, 3.8) is 0 Å². The van der Waals surface area contributed by atoms with Crippen LogP contribution in [0.2, 0.25) is 0 Å². The molecule has 4 unspecified atom stereocenters. The molecule has 30 heavy (non-hydrogen) atoms. The highest BCUT2D eigenvalue weighted by Crippen LogP contribution is 2.32. The molecule has 0 aromatic heterocycles. The molecular weight excluding hydrogens is 396 g/mol. The summed E-state index contributed by atoms with van der Waals surface area (Å²) in [5, 5.41) is 10.5. The summed E-state index contributed by atoms with van der Waals surface area (Å²) in [6.07, 6.45) is 2.85. The highest BCUT2D eigenvalue weighted by molar-refractivity contribution is 6.45. The summed E-state index contributed by atoms with van der Waals surface area (Å²) in [6.45, 7) is 1.07. The van der Waals surface area contributed by atoms with E-state index in [2.05, 4.69) is 12.1 Å². The molecule has 0 heterocycles. The molecule has 164 valence electrons. The largest absolute Gasteiger partial charge is 0.398 e. The Morgan fingerprint density at radius 1 is 0.900 bits per heavy atom. The van der Waals surface area contributed by atoms with Gasteiger partial charge in [0.25, 0.3) is 0 Å². The zero-order valence-corrected chi connectivity index (χ0v) is 19.1. The number of aliphatic hydroxyl groups excluding tert-OH is 1. The quantitative estimate of drug-likeness (QED) is 0.550. The van der Waals surface area contributed by atoms with Crippen LogP contribution in [0.5, 0.6) is 0 Å². The van der Waals surface area contributed by atoms with E-state index in [1.54, 1.807) is 14.2 Å². The Morgan fingerprint density at radius 3 is 2.10 bits per heavy atom. The van der Waals surface area contributed by atoms with Crippen molar-refractivity contribution in [1.29, 1.82) is 0 Å². The number of ether oxygens (including phenoxy) is 2. The van der Waals surface area contributed by atoms with Gasteiger partial charge in [0, 0.05) is 14.2 Å². The van der Waals surface area contributed by atoms with Gasteiger partial charge in [-0.25, -0.2) is 0 Å². The van der Waals surface area contributed by atoms with E-state index >= 15 is 0 Å². The van der Waals surface area contributed by atoms with Crippen molar-refractivity contribution in [1.82, 2.24) is 0 Å². The van der Waals surface area contributed by atoms with Crippen molar-refractivity contribution in [2.45, 2.75) is 56.8 Å². The average molecular weight is 431 g/mol. The van der Waals surface area contributed by atoms with Gasteiger partial charge in [0.15, 0.2) is 0 Å². The van der Waals surface area contributed by atoms with E-state index in [-0.39, 0.29) is 11.8 Å². The molecule has 1 aliphatic carbocycles. The molecule has 1 N–H and O–H groups in total. The first-order valence-corrected chi connectivity index (χ1v) is 12.3. The van der Waals surface area contributed by atoms with Crippen LogP contribution in [0.3, 0.4) is 0 Å². The molecule has 6 heteroatoms. The predicted octanol–water partition coefficient (Wildman–Crippen LogP) is 3.76. The molecule has 0 saturated heterocycles. The van der Waals surface area contributed by atoms with Gasteiger partial charge in [-0.15, -0.1) is 0 Å². The lowest BCUT2D eigenvalue weighted by Crippen LogP contribution is -2.42. The number of hydrogen-bond acceptors (Lipinski definition) is 5. The fraction of sp³-hybridized carbons (Fsp3) is 0.500. The summed E-state index contributed by atoms with van der Waals surface area (Å²) in [6, 6.07) is 20.3. The van der Waals surface area contributed by atoms with Crippen LogP contribution in [0.25, 0.3) is 0 Å². The number of aliphatic hydroxyl groups is 1. The molecular formula is C24H34O5Si. The highest BCUT2D eigenvalue weighted by Gasteiger charge is 2.34. The average Bonchev–Trinajstić information content (AvgIpc) is 2.79. The van der Waals surface area contributed by atoms with Gasteiger partial charge in [-0.3, -0.25) is 0 Å². The van der Waals surface area contributed by atoms with Crippen LogP contribution in [0, 0.1) is 5.92 Å². The predicted molar refractivity (Wildman–Crippen MR) is 119 cm³/mol. The molecule has 0 aliphatic heterocycles. The zero-order chi connectivity index (χ0) is 21.2. The monoisotopic (exact) mass is 430 g/mol. The Kier molecular flexibility index (Phi) is 9.52. The molecule has 0 amide bonds. The van der Waals surface area contributed by atoms with E-state index in [1.165, 1.54) is 0 Å². The van der Waals surface area contributed by atoms with Gasteiger partial charge in [0.2, 0.25) is 0 Å². The molecule has 4 atom stereocenters. The third-order valence-electron chi connectivity index (χ3n) is 5.81. The molecule has 2 aromatic carbocycles. The first-order valence-electron chi connectivity index (χ1n) is 10.7. The third-order valence-corrected chi connectivity index (χ3v) is 7.81. The minimum absolute atomic E-state index is 0.0461. The fourth-order valence-electron chi connectivity index (χ4n) is 4.13. The van der Waals surface area contributed by atoms with Gasteiger partial charge in [0.1, 0.15) is 0 Å². The van der Waals surface area contributed by atoms with Crippen LogP contribution in [0.4, 0.5) is 0 Å². The fourth-order valence-corrected chi connectivity index (χ4v) is 5.79. The number of benzene rings is 2. The lowest BCUT2D eigenvalue weighted by atomic mass is 9.83. The molecule has 0 spiro atoms. The molecule has 1 aliphatic rings. The normalized spacial score (nSPS) is 22.9. The molecule has 3 rings (SSSR count). The lowest BCUT2D eigenvalue weighted by Gasteiger charge is -2.35. The first-order chi connectivity index (χ1) is 14.7. The molecule has 0 bridgehead atoms. The summed E-state index contributed by atoms with van der Waals surface area (Å²) in [7, 11) is 1.46. The summed E-state index contributed by atoms with van der Waals surface area (Å²) in [5.41, 5.74) is 2.22. The molecule has 2 aromatic rings. The summed E-state index contributed by atoms with van der Waals surface area (Å²) >= 11 is 0. The molecule has 5 nitrogen and oxygen atoms in total. The van der Waals surface area contributed by atoms with Crippen LogP contribution in [-0.4, -0.2) is 46.5 Å². The minimum Gasteiger partial charge on any atom is -0.398 e. The lowest BCUT2D eigenvalue weighted by molar-refractivity contribution is -0.0835. The first kappa shape index (κ1) is 23.1. The van der Waals surface area contributed by atoms with Crippen molar-refractivity contribution < 1.29 is 23.4 Å². The topological polar surface area (TPSA) is 57.2 Å². The van der Waals surface area contributed by atoms with E-state index in [0.717, 1.165) is 36.8 Å². The summed E-state index contributed by atoms with van der Waals surface area (Å²) < 4.78 is 23.7. The maximum absolute atomic E-state index is 10.5. The summed E-state index contributed by atoms with van der Waals surface area (Å²) in [4.78, 5) is 0. The second-order valence-corrected chi connectivity index (χ2v) is 10.4. The van der Waals surface area contributed by atoms with Crippen LogP contribution in [-0.2, 0) is 31.5 Å². The van der Waals surface area contributed by atoms with Crippen molar-refractivity contribution in [2.24, 2.45) is 5.92 Å². The van der Waals surface area contributed by atoms with E-state index < -0.39 is 15.4 Å². The van der Waals surface area contributed by atoms with Crippen LogP contribution in [0.1, 0.15) is 36.8 Å². The van der Waals surface area contributed by atoms with Crippen LogP contribution in [0.15, 0.2) is 60.7 Å². The van der Waals surface area contributed by atoms with E-state index in [4.69, 9.17) is 18.3 Å². The standard InChI is InChI=1S/C24H34O5Si/c1-26-30(27-2)24(29-18-20-11-7-4-8-12-20)16-21-13-14-22(25)23(15-21)28-17-19-9-5-3-6-10-19/h3-12,21-25,30H,13-18H2,1-2H3. The Morgan fingerprint density at radius 2 is 1.50 bits per heavy atom. The van der Waals surface area contributed by atoms with Crippen molar-refractivity contribution in [3.05, 3.63) is 71.8 Å². The summed E-state index contributed by atoms with van der Waals surface area (Å²) in [5.74, 6) is 0.412. The number of hydrogen-bond donors (Lipinski definition) is 1. The van der Waals surface area contributed by atoms with Crippen molar-refractivity contribution in [3.8, 4) is 0 Å². The van der Waals surface area contributed by atoms with Gasteiger partial charge in [-0.05, 0) is 42.7 Å². The SMILES string of the molecule is CO[SiH](OC)C(CC1CCC(O)C(OCc2ccccc2)C1)OCc1ccccc1. The molecule has 1 saturated carbocycles. The van der Waals surface area contributed by atoms with Gasteiger partial charge < -0.3 is 23.4 Å². The number of rotatable bonds is 11. The van der Waals surface area contributed by atoms with Gasteiger partial charge in [-0.1, -0.05) is 60.7 Å². The van der Waals surface area contributed by atoms with Gasteiger partial charge in [0.05, 0.1) is 31.1 Å². The Hall–Kier alpha value is -1.54. The van der Waals surface area contributed by atoms with E-state index in [9.17, 15) is 5.11 Å². The highest BCUT2D eigenvalue weighted by atomic mass is 28.3. The molecule has 0 radical (unpaired) electrons. The maximum Gasteiger partial charge on any atom is 0.350 e. The van der Waals surface area contributed by atoms with E-state index in [1.807, 2.05) is 48.5 Å². The zero-order valence-electron chi connectivity index (χ0n) is 18.0. The van der Waals surface area contributed by atoms with Crippen LogP contribution < -0.4 is 0 Å². The molecule has 1 fully saturated rings. The third kappa shape index (κ3) is 7.01. The van der Waals surface area contributed by atoms with Crippen molar-refractivity contribution >= 4 is 9.28 Å². The van der Waals surface area contributed by atoms with Gasteiger partial charge >= 0.3 is 9.28 Å². The van der Waals surface area contributed by atoms with Crippen molar-refractivity contribution in [2.75, 3.05) is 14.2 Å². The van der Waals surface area contributed by atoms with Gasteiger partial charge in [-0.2, -0.15) is 0 Å². The van der Waals surface area contributed by atoms with Crippen LogP contribution >= 0.6 is 0 Å². The maximum atomic E-state index is 10.5.